The summed E-state index contributed by atoms with van der Waals surface area (Å²) in [4.78, 5) is 39.0. The van der Waals surface area contributed by atoms with Gasteiger partial charge in [0.2, 0.25) is 5.91 Å². The summed E-state index contributed by atoms with van der Waals surface area (Å²) in [5.41, 5.74) is 4.09. The molecule has 2 fully saturated rings. The number of fused-ring (bicyclic) bond motifs is 1. The summed E-state index contributed by atoms with van der Waals surface area (Å²) < 4.78 is 0. The first-order chi connectivity index (χ1) is 8.80. The van der Waals surface area contributed by atoms with E-state index in [9.17, 15) is 19.8 Å². The van der Waals surface area contributed by atoms with Crippen molar-refractivity contribution in [3.8, 4) is 0 Å². The summed E-state index contributed by atoms with van der Waals surface area (Å²) in [6.07, 6.45) is 0.359. The molecule has 0 radical (unpaired) electrons. The molecule has 8 nitrogen and oxygen atoms in total. The first-order valence-corrected chi connectivity index (χ1v) is 5.78. The number of carboxylic acids is 1. The van der Waals surface area contributed by atoms with Gasteiger partial charge in [0.15, 0.2) is 0 Å². The highest BCUT2D eigenvalue weighted by Gasteiger charge is 2.67. The number of hydrogen-bond donors (Lipinski definition) is 4. The van der Waals surface area contributed by atoms with Crippen molar-refractivity contribution in [3.05, 3.63) is 0 Å². The quantitative estimate of drug-likeness (QED) is 0.496. The average molecular weight is 309 g/mol. The third-order valence-corrected chi connectivity index (χ3v) is 3.64. The second-order valence-electron chi connectivity index (χ2n) is 4.92. The van der Waals surface area contributed by atoms with Crippen LogP contribution in [0.2, 0.25) is 0 Å². The van der Waals surface area contributed by atoms with Gasteiger partial charge >= 0.3 is 12.1 Å². The number of carbonyl (C=O) groups is 2. The van der Waals surface area contributed by atoms with Gasteiger partial charge in [0.05, 0.1) is 12.1 Å². The molecule has 2 aliphatic carbocycles. The molecule has 0 spiro atoms. The Hall–Kier alpha value is -1.47. The lowest BCUT2D eigenvalue weighted by Gasteiger charge is -2.29. The lowest BCUT2D eigenvalue weighted by molar-refractivity contribution is -0.191. The van der Waals surface area contributed by atoms with Gasteiger partial charge in [-0.2, -0.15) is 9.59 Å². The first-order valence-electron chi connectivity index (χ1n) is 5.78. The van der Waals surface area contributed by atoms with Gasteiger partial charge in [-0.05, 0) is 25.2 Å². The number of halogens is 1. The Labute approximate surface area is 121 Å². The minimum atomic E-state index is -1.31. The Morgan fingerprint density at radius 2 is 1.95 bits per heavy atom. The molecule has 0 aromatic rings. The Kier molecular flexibility index (Phi) is 6.31. The molecule has 2 saturated carbocycles. The number of hydrogen-bond acceptors (Lipinski definition) is 6. The predicted octanol–water partition coefficient (Wildman–Crippen LogP) is -1.49. The molecule has 0 saturated heterocycles. The summed E-state index contributed by atoms with van der Waals surface area (Å²) in [5, 5.41) is 21.4. The van der Waals surface area contributed by atoms with Crippen molar-refractivity contribution in [1.29, 1.82) is 0 Å². The van der Waals surface area contributed by atoms with Crippen molar-refractivity contribution >= 4 is 30.4 Å². The van der Waals surface area contributed by atoms with E-state index in [-0.39, 0.29) is 36.8 Å². The van der Waals surface area contributed by atoms with E-state index in [4.69, 9.17) is 15.3 Å². The predicted molar refractivity (Wildman–Crippen MR) is 66.6 cm³/mol. The fraction of sp³-hybridized carbons (Fsp3) is 0.727. The van der Waals surface area contributed by atoms with Crippen molar-refractivity contribution in [2.75, 3.05) is 0 Å². The first kappa shape index (κ1) is 18.5. The monoisotopic (exact) mass is 308 g/mol. The molecule has 0 aromatic heterocycles. The fourth-order valence-electron chi connectivity index (χ4n) is 2.62. The van der Waals surface area contributed by atoms with Gasteiger partial charge in [-0.3, -0.25) is 4.79 Å². The molecule has 0 unspecified atom stereocenters. The van der Waals surface area contributed by atoms with Crippen molar-refractivity contribution in [2.45, 2.75) is 37.5 Å². The topological polar surface area (TPSA) is 147 Å². The van der Waals surface area contributed by atoms with Gasteiger partial charge in [0.25, 0.3) is 0 Å². The normalized spacial score (nSPS) is 34.2. The highest BCUT2D eigenvalue weighted by molar-refractivity contribution is 5.90. The number of nitrogens with two attached hydrogens (primary N) is 1. The molecule has 20 heavy (non-hydrogen) atoms. The maximum Gasteiger partial charge on any atom is 0.373 e. The number of amides is 1. The number of nitrogens with one attached hydrogen (secondary N) is 1. The maximum absolute atomic E-state index is 11.5. The molecule has 0 aliphatic heterocycles. The molecule has 114 valence electrons. The van der Waals surface area contributed by atoms with E-state index in [2.05, 4.69) is 5.32 Å². The van der Waals surface area contributed by atoms with E-state index >= 15 is 0 Å². The molecule has 5 N–H and O–H groups in total. The SMILES string of the molecule is C[C@H](N)C(=O)N[C@@]1(C(=O)O)C[C@H](O)[C@H]2C[C@H]21.Cl.O=C=O. The van der Waals surface area contributed by atoms with Crippen LogP contribution >= 0.6 is 12.4 Å². The van der Waals surface area contributed by atoms with Gasteiger partial charge in [-0.1, -0.05) is 0 Å². The zero-order valence-electron chi connectivity index (χ0n) is 10.7. The lowest BCUT2D eigenvalue weighted by atomic mass is 9.92. The van der Waals surface area contributed by atoms with Crippen LogP contribution in [0.15, 0.2) is 0 Å². The molecule has 5 atom stereocenters. The van der Waals surface area contributed by atoms with Crippen LogP contribution in [0.4, 0.5) is 0 Å². The van der Waals surface area contributed by atoms with Gasteiger partial charge in [-0.25, -0.2) is 4.79 Å². The van der Waals surface area contributed by atoms with Crippen LogP contribution in [0.5, 0.6) is 0 Å². The molecular weight excluding hydrogens is 292 g/mol. The zero-order chi connectivity index (χ0) is 14.8. The zero-order valence-corrected chi connectivity index (χ0v) is 11.6. The summed E-state index contributed by atoms with van der Waals surface area (Å²) in [6, 6.07) is -0.744. The number of aliphatic hydroxyl groups is 1. The van der Waals surface area contributed by atoms with E-state index in [0.29, 0.717) is 6.42 Å². The van der Waals surface area contributed by atoms with Gasteiger partial charge in [0.1, 0.15) is 5.54 Å². The number of rotatable bonds is 3. The largest absolute Gasteiger partial charge is 0.479 e. The molecule has 0 aromatic carbocycles. The van der Waals surface area contributed by atoms with Crippen LogP contribution in [0, 0.1) is 11.8 Å². The number of aliphatic carboxylic acids is 1. The maximum atomic E-state index is 11.5. The molecule has 0 heterocycles. The Morgan fingerprint density at radius 1 is 1.45 bits per heavy atom. The standard InChI is InChI=1S/C10H16N2O4.CO2.ClH/c1-4(11)8(14)12-10(9(15)16)3-7(13)5-2-6(5)10;2-1-3;/h4-7,13H,2-3,11H2,1H3,(H,12,14)(H,15,16);;1H/t4-,5-,6+,7-,10-;;/m0../s1. The third kappa shape index (κ3) is 3.34. The lowest BCUT2D eigenvalue weighted by Crippen LogP contribution is -2.58. The second-order valence-corrected chi connectivity index (χ2v) is 4.92. The third-order valence-electron chi connectivity index (χ3n) is 3.64. The second kappa shape index (κ2) is 6.81. The van der Waals surface area contributed by atoms with Crippen LogP contribution < -0.4 is 11.1 Å². The fourth-order valence-corrected chi connectivity index (χ4v) is 2.62. The van der Waals surface area contributed by atoms with E-state index < -0.39 is 29.6 Å². The minimum Gasteiger partial charge on any atom is -0.479 e. The van der Waals surface area contributed by atoms with Crippen LogP contribution in [0.1, 0.15) is 19.8 Å². The smallest absolute Gasteiger partial charge is 0.373 e. The van der Waals surface area contributed by atoms with Crippen molar-refractivity contribution in [1.82, 2.24) is 5.32 Å². The summed E-state index contributed by atoms with van der Waals surface area (Å²) in [7, 11) is 0. The van der Waals surface area contributed by atoms with E-state index in [1.807, 2.05) is 0 Å². The molecule has 9 heteroatoms. The van der Waals surface area contributed by atoms with Crippen molar-refractivity contribution in [3.63, 3.8) is 0 Å². The van der Waals surface area contributed by atoms with Crippen LogP contribution in [0.3, 0.4) is 0 Å². The summed E-state index contributed by atoms with van der Waals surface area (Å²) in [6.45, 7) is 1.50. The van der Waals surface area contributed by atoms with Crippen molar-refractivity contribution in [2.24, 2.45) is 17.6 Å². The van der Waals surface area contributed by atoms with Gasteiger partial charge in [0, 0.05) is 6.42 Å². The van der Waals surface area contributed by atoms with Crippen LogP contribution in [0.25, 0.3) is 0 Å². The summed E-state index contributed by atoms with van der Waals surface area (Å²) >= 11 is 0. The van der Waals surface area contributed by atoms with E-state index in [0.717, 1.165) is 0 Å². The number of aliphatic hydroxyl groups excluding tert-OH is 1. The molecule has 0 bridgehead atoms. The average Bonchev–Trinajstić information content (AvgIpc) is 3.03. The highest BCUT2D eigenvalue weighted by atomic mass is 35.5. The van der Waals surface area contributed by atoms with Crippen molar-refractivity contribution < 1.29 is 29.4 Å². The minimum absolute atomic E-state index is 0. The van der Waals surface area contributed by atoms with Gasteiger partial charge in [-0.15, -0.1) is 12.4 Å². The molecule has 1 amide bonds. The van der Waals surface area contributed by atoms with Crippen LogP contribution in [-0.4, -0.2) is 45.9 Å². The number of carbonyl (C=O) groups excluding carboxylic acids is 3. The molecule has 2 aliphatic rings. The Morgan fingerprint density at radius 3 is 2.20 bits per heavy atom. The van der Waals surface area contributed by atoms with E-state index in [1.165, 1.54) is 6.92 Å². The highest BCUT2D eigenvalue weighted by Crippen LogP contribution is 2.57. The number of carboxylic acid groups (broad SMARTS) is 1. The Bertz CT molecular complexity index is 423. The van der Waals surface area contributed by atoms with Crippen LogP contribution in [-0.2, 0) is 19.2 Å². The Balaban J connectivity index is 0.000000830. The summed E-state index contributed by atoms with van der Waals surface area (Å²) in [5.74, 6) is -1.69. The van der Waals surface area contributed by atoms with Gasteiger partial charge < -0.3 is 21.3 Å². The molecule has 2 rings (SSSR count). The van der Waals surface area contributed by atoms with E-state index in [1.54, 1.807) is 0 Å². The molecular formula is C11H17ClN2O6.